The molecular weight excluding hydrogens is 396 g/mol. The van der Waals surface area contributed by atoms with Crippen LogP contribution in [0.25, 0.3) is 0 Å². The molecule has 1 unspecified atom stereocenters. The van der Waals surface area contributed by atoms with Crippen molar-refractivity contribution in [3.8, 4) is 11.5 Å². The summed E-state index contributed by atoms with van der Waals surface area (Å²) in [7, 11) is 0. The van der Waals surface area contributed by atoms with E-state index < -0.39 is 17.7 Å². The summed E-state index contributed by atoms with van der Waals surface area (Å²) >= 11 is 0. The van der Waals surface area contributed by atoms with Crippen molar-refractivity contribution in [2.75, 3.05) is 19.8 Å². The molecule has 1 heterocycles. The zero-order valence-electron chi connectivity index (χ0n) is 18.5. The molecule has 1 aliphatic rings. The minimum Gasteiger partial charge on any atom is -0.491 e. The minimum absolute atomic E-state index is 0.0735. The Balaban J connectivity index is 1.49. The Morgan fingerprint density at radius 2 is 1.77 bits per heavy atom. The summed E-state index contributed by atoms with van der Waals surface area (Å²) in [6.45, 7) is 7.12. The fourth-order valence-corrected chi connectivity index (χ4v) is 3.64. The molecule has 2 aromatic carbocycles. The highest BCUT2D eigenvalue weighted by atomic mass is 16.5. The van der Waals surface area contributed by atoms with Crippen molar-refractivity contribution in [1.29, 1.82) is 0 Å². The number of ether oxygens (including phenoxy) is 3. The number of rotatable bonds is 9. The van der Waals surface area contributed by atoms with E-state index in [1.165, 1.54) is 5.56 Å². The normalized spacial score (nSPS) is 19.7. The summed E-state index contributed by atoms with van der Waals surface area (Å²) in [5.41, 5.74) is 0.964. The maximum atomic E-state index is 11.7. The number of carbonyl (C=O) groups is 1. The van der Waals surface area contributed by atoms with Crippen molar-refractivity contribution >= 4 is 5.97 Å². The molecule has 2 N–H and O–H groups in total. The van der Waals surface area contributed by atoms with Gasteiger partial charge in [-0.15, -0.1) is 0 Å². The summed E-state index contributed by atoms with van der Waals surface area (Å²) in [6.07, 6.45) is 0.735. The van der Waals surface area contributed by atoms with Gasteiger partial charge >= 0.3 is 5.97 Å². The molecule has 6 heteroatoms. The molecule has 1 saturated heterocycles. The molecule has 1 aliphatic heterocycles. The first-order chi connectivity index (χ1) is 14.7. The maximum absolute atomic E-state index is 11.7. The summed E-state index contributed by atoms with van der Waals surface area (Å²) in [5, 5.41) is 19.8. The standard InChI is InChI=1S/C25H32O6/c1-24(2,3)19-8-10-21(11-9-19)29-16-20(26)17-30-22-7-4-6-18(14-22)15-25(23(27)28)12-5-13-31-25/h4,6-11,14,20,26H,5,12-13,15-17H2,1-3H3,(H,27,28)/t20-,25?/m0/s1. The minimum atomic E-state index is -1.16. The second-order valence-electron chi connectivity index (χ2n) is 9.13. The van der Waals surface area contributed by atoms with E-state index in [-0.39, 0.29) is 25.0 Å². The van der Waals surface area contributed by atoms with E-state index in [1.807, 2.05) is 36.4 Å². The predicted octanol–water partition coefficient (Wildman–Crippen LogP) is 3.98. The van der Waals surface area contributed by atoms with Crippen molar-refractivity contribution in [3.05, 3.63) is 59.7 Å². The summed E-state index contributed by atoms with van der Waals surface area (Å²) in [4.78, 5) is 11.7. The van der Waals surface area contributed by atoms with Gasteiger partial charge < -0.3 is 24.4 Å². The van der Waals surface area contributed by atoms with Crippen LogP contribution in [-0.2, 0) is 21.4 Å². The zero-order chi connectivity index (χ0) is 22.5. The van der Waals surface area contributed by atoms with Crippen molar-refractivity contribution in [3.63, 3.8) is 0 Å². The predicted molar refractivity (Wildman–Crippen MR) is 118 cm³/mol. The van der Waals surface area contributed by atoms with Gasteiger partial charge in [-0.05, 0) is 53.6 Å². The Morgan fingerprint density at radius 1 is 1.10 bits per heavy atom. The van der Waals surface area contributed by atoms with E-state index in [0.29, 0.717) is 24.5 Å². The van der Waals surface area contributed by atoms with Crippen molar-refractivity contribution in [2.24, 2.45) is 0 Å². The van der Waals surface area contributed by atoms with Gasteiger partial charge in [-0.3, -0.25) is 0 Å². The van der Waals surface area contributed by atoms with Crippen LogP contribution in [0.2, 0.25) is 0 Å². The number of aliphatic hydroxyl groups is 1. The lowest BCUT2D eigenvalue weighted by molar-refractivity contribution is -0.159. The monoisotopic (exact) mass is 428 g/mol. The maximum Gasteiger partial charge on any atom is 0.336 e. The van der Waals surface area contributed by atoms with Crippen LogP contribution in [0.1, 0.15) is 44.7 Å². The molecule has 0 radical (unpaired) electrons. The molecule has 1 fully saturated rings. The fourth-order valence-electron chi connectivity index (χ4n) is 3.64. The van der Waals surface area contributed by atoms with Crippen LogP contribution in [0, 0.1) is 0 Å². The Hall–Kier alpha value is -2.57. The lowest BCUT2D eigenvalue weighted by atomic mass is 9.87. The average Bonchev–Trinajstić information content (AvgIpc) is 3.20. The third kappa shape index (κ3) is 6.21. The molecule has 6 nitrogen and oxygen atoms in total. The highest BCUT2D eigenvalue weighted by Gasteiger charge is 2.42. The summed E-state index contributed by atoms with van der Waals surface area (Å²) in [5.74, 6) is 0.341. The van der Waals surface area contributed by atoms with Gasteiger partial charge in [0, 0.05) is 13.0 Å². The number of carboxylic acids is 1. The van der Waals surface area contributed by atoms with Crippen molar-refractivity contribution in [1.82, 2.24) is 0 Å². The highest BCUT2D eigenvalue weighted by molar-refractivity contribution is 5.78. The lowest BCUT2D eigenvalue weighted by Gasteiger charge is -2.23. The van der Waals surface area contributed by atoms with Gasteiger partial charge in [-0.2, -0.15) is 0 Å². The quantitative estimate of drug-likeness (QED) is 0.628. The molecule has 31 heavy (non-hydrogen) atoms. The van der Waals surface area contributed by atoms with Gasteiger partial charge in [0.15, 0.2) is 5.60 Å². The van der Waals surface area contributed by atoms with Gasteiger partial charge in [0.05, 0.1) is 0 Å². The molecule has 2 atom stereocenters. The number of aliphatic hydroxyl groups excluding tert-OH is 1. The first-order valence-electron chi connectivity index (χ1n) is 10.7. The SMILES string of the molecule is CC(C)(C)c1ccc(OC[C@H](O)COc2cccc(CC3(C(=O)O)CCCO3)c2)cc1. The van der Waals surface area contributed by atoms with Crippen molar-refractivity contribution < 1.29 is 29.2 Å². The van der Waals surface area contributed by atoms with Gasteiger partial charge in [0.25, 0.3) is 0 Å². The average molecular weight is 429 g/mol. The van der Waals surface area contributed by atoms with E-state index in [4.69, 9.17) is 14.2 Å². The molecule has 0 aliphatic carbocycles. The van der Waals surface area contributed by atoms with E-state index in [9.17, 15) is 15.0 Å². The lowest BCUT2D eigenvalue weighted by Crippen LogP contribution is -2.40. The van der Waals surface area contributed by atoms with Crippen LogP contribution in [0.3, 0.4) is 0 Å². The molecule has 0 amide bonds. The molecule has 0 aromatic heterocycles. The topological polar surface area (TPSA) is 85.2 Å². The second kappa shape index (κ2) is 9.71. The van der Waals surface area contributed by atoms with Gasteiger partial charge in [0.1, 0.15) is 30.8 Å². The van der Waals surface area contributed by atoms with Crippen LogP contribution < -0.4 is 9.47 Å². The number of aliphatic carboxylic acids is 1. The number of hydrogen-bond donors (Lipinski definition) is 2. The third-order valence-corrected chi connectivity index (χ3v) is 5.49. The Kier molecular flexibility index (Phi) is 7.23. The van der Waals surface area contributed by atoms with Gasteiger partial charge in [-0.25, -0.2) is 4.79 Å². The third-order valence-electron chi connectivity index (χ3n) is 5.49. The molecule has 0 bridgehead atoms. The Morgan fingerprint density at radius 3 is 2.35 bits per heavy atom. The van der Waals surface area contributed by atoms with Crippen molar-refractivity contribution in [2.45, 2.75) is 57.2 Å². The Labute approximate surface area is 183 Å². The van der Waals surface area contributed by atoms with E-state index in [1.54, 1.807) is 12.1 Å². The van der Waals surface area contributed by atoms with E-state index in [2.05, 4.69) is 20.8 Å². The fraction of sp³-hybridized carbons (Fsp3) is 0.480. The number of carboxylic acid groups (broad SMARTS) is 1. The highest BCUT2D eigenvalue weighted by Crippen LogP contribution is 2.31. The van der Waals surface area contributed by atoms with Crippen LogP contribution in [0.15, 0.2) is 48.5 Å². The smallest absolute Gasteiger partial charge is 0.336 e. The zero-order valence-corrected chi connectivity index (χ0v) is 18.5. The largest absolute Gasteiger partial charge is 0.491 e. The molecule has 0 saturated carbocycles. The van der Waals surface area contributed by atoms with Crippen LogP contribution in [-0.4, -0.2) is 47.7 Å². The van der Waals surface area contributed by atoms with E-state index >= 15 is 0 Å². The molecule has 2 aromatic rings. The molecule has 168 valence electrons. The Bertz CT molecular complexity index is 862. The molecule has 0 spiro atoms. The van der Waals surface area contributed by atoms with Gasteiger partial charge in [-0.1, -0.05) is 45.0 Å². The van der Waals surface area contributed by atoms with Gasteiger partial charge in [0.2, 0.25) is 0 Å². The first-order valence-corrected chi connectivity index (χ1v) is 10.7. The van der Waals surface area contributed by atoms with Crippen LogP contribution in [0.4, 0.5) is 0 Å². The van der Waals surface area contributed by atoms with Crippen LogP contribution in [0.5, 0.6) is 11.5 Å². The second-order valence-corrected chi connectivity index (χ2v) is 9.13. The summed E-state index contributed by atoms with van der Waals surface area (Å²) < 4.78 is 16.9. The number of benzene rings is 2. The number of hydrogen-bond acceptors (Lipinski definition) is 5. The van der Waals surface area contributed by atoms with Crippen LogP contribution >= 0.6 is 0 Å². The first kappa shape index (κ1) is 23.1. The molecule has 3 rings (SSSR count). The summed E-state index contributed by atoms with van der Waals surface area (Å²) in [6, 6.07) is 15.1. The molecular formula is C25H32O6. The van der Waals surface area contributed by atoms with E-state index in [0.717, 1.165) is 12.0 Å².